The van der Waals surface area contributed by atoms with E-state index in [0.717, 1.165) is 26.1 Å². The van der Waals surface area contributed by atoms with Gasteiger partial charge < -0.3 is 9.47 Å². The van der Waals surface area contributed by atoms with Gasteiger partial charge in [0.15, 0.2) is 0 Å². The van der Waals surface area contributed by atoms with E-state index in [9.17, 15) is 0 Å². The topological polar surface area (TPSA) is 18.5 Å². The summed E-state index contributed by atoms with van der Waals surface area (Å²) in [6.07, 6.45) is 2.13. The van der Waals surface area contributed by atoms with E-state index in [1.165, 1.54) is 0 Å². The average Bonchev–Trinajstić information content (AvgIpc) is 2.12. The molecule has 1 saturated heterocycles. The van der Waals surface area contributed by atoms with Crippen LogP contribution in [0.4, 0.5) is 0 Å². The standard InChI is InChI=1S/C7H11Br2IO2/c1-6(8,10)7(9)11-4-2-3-5-12-7/h2-5H2,1H3. The first-order valence-corrected chi connectivity index (χ1v) is 6.47. The van der Waals surface area contributed by atoms with E-state index >= 15 is 0 Å². The highest BCUT2D eigenvalue weighted by molar-refractivity contribution is 14.1. The van der Waals surface area contributed by atoms with Gasteiger partial charge in [0.2, 0.25) is 0 Å². The maximum absolute atomic E-state index is 5.59. The Morgan fingerprint density at radius 3 is 2.08 bits per heavy atom. The van der Waals surface area contributed by atoms with E-state index in [1.54, 1.807) is 0 Å². The van der Waals surface area contributed by atoms with E-state index in [4.69, 9.17) is 9.47 Å². The van der Waals surface area contributed by atoms with Gasteiger partial charge >= 0.3 is 0 Å². The number of ether oxygens (including phenoxy) is 2. The zero-order valence-corrected chi connectivity index (χ0v) is 12.1. The lowest BCUT2D eigenvalue weighted by Crippen LogP contribution is -2.42. The maximum atomic E-state index is 5.59. The molecule has 72 valence electrons. The van der Waals surface area contributed by atoms with Gasteiger partial charge in [0, 0.05) is 0 Å². The van der Waals surface area contributed by atoms with Crippen LogP contribution in [0.25, 0.3) is 0 Å². The van der Waals surface area contributed by atoms with Gasteiger partial charge in [-0.05, 0) is 35.7 Å². The first-order valence-electron chi connectivity index (χ1n) is 3.80. The monoisotopic (exact) mass is 412 g/mol. The third-order valence-electron chi connectivity index (χ3n) is 1.64. The summed E-state index contributed by atoms with van der Waals surface area (Å²) in [6.45, 7) is 3.50. The molecule has 0 saturated carbocycles. The highest BCUT2D eigenvalue weighted by Crippen LogP contribution is 2.46. The summed E-state index contributed by atoms with van der Waals surface area (Å²) in [6, 6.07) is 0. The predicted octanol–water partition coefficient (Wildman–Crippen LogP) is 3.41. The smallest absolute Gasteiger partial charge is 0.251 e. The molecule has 0 aromatic rings. The number of rotatable bonds is 1. The van der Waals surface area contributed by atoms with Crippen LogP contribution in [0, 0.1) is 0 Å². The fourth-order valence-electron chi connectivity index (χ4n) is 0.906. The normalized spacial score (nSPS) is 29.0. The second-order valence-corrected chi connectivity index (χ2v) is 9.10. The molecule has 12 heavy (non-hydrogen) atoms. The van der Waals surface area contributed by atoms with Crippen molar-refractivity contribution in [2.45, 2.75) is 26.8 Å². The molecule has 1 unspecified atom stereocenters. The second-order valence-electron chi connectivity index (χ2n) is 2.83. The Morgan fingerprint density at radius 1 is 1.33 bits per heavy atom. The zero-order chi connectivity index (χ0) is 9.24. The van der Waals surface area contributed by atoms with Gasteiger partial charge in [-0.15, -0.1) is 0 Å². The highest BCUT2D eigenvalue weighted by atomic mass is 127. The Balaban J connectivity index is 2.67. The van der Waals surface area contributed by atoms with Crippen molar-refractivity contribution in [2.24, 2.45) is 0 Å². The van der Waals surface area contributed by atoms with Crippen LogP contribution in [0.3, 0.4) is 0 Å². The third-order valence-corrected chi connectivity index (χ3v) is 5.39. The lowest BCUT2D eigenvalue weighted by Gasteiger charge is -2.34. The Morgan fingerprint density at radius 2 is 1.75 bits per heavy atom. The van der Waals surface area contributed by atoms with Crippen LogP contribution in [0.1, 0.15) is 19.8 Å². The molecule has 1 atom stereocenters. The van der Waals surface area contributed by atoms with Crippen LogP contribution in [0.5, 0.6) is 0 Å². The van der Waals surface area contributed by atoms with Gasteiger partial charge in [0.25, 0.3) is 4.70 Å². The lowest BCUT2D eigenvalue weighted by molar-refractivity contribution is -0.149. The fraction of sp³-hybridized carbons (Fsp3) is 1.00. The number of alkyl halides is 3. The molecule has 1 aliphatic heterocycles. The lowest BCUT2D eigenvalue weighted by atomic mass is 10.3. The minimum absolute atomic E-state index is 0.248. The molecule has 0 aliphatic carbocycles. The first kappa shape index (κ1) is 11.7. The quantitative estimate of drug-likeness (QED) is 0.484. The first-order chi connectivity index (χ1) is 5.46. The molecule has 0 aromatic carbocycles. The molecule has 1 aliphatic rings. The van der Waals surface area contributed by atoms with Crippen molar-refractivity contribution in [1.82, 2.24) is 0 Å². The SMILES string of the molecule is CC(Br)(I)C1(Br)OCCCCO1. The molecule has 0 N–H and O–H groups in total. The summed E-state index contributed by atoms with van der Waals surface area (Å²) in [5, 5.41) is 0. The third kappa shape index (κ3) is 2.80. The van der Waals surface area contributed by atoms with E-state index in [-0.39, 0.29) is 2.33 Å². The van der Waals surface area contributed by atoms with E-state index < -0.39 is 4.70 Å². The molecule has 0 radical (unpaired) electrons. The molecule has 0 aromatic heterocycles. The fourth-order valence-corrected chi connectivity index (χ4v) is 1.77. The average molecular weight is 414 g/mol. The van der Waals surface area contributed by atoms with Gasteiger partial charge in [-0.25, -0.2) is 0 Å². The van der Waals surface area contributed by atoms with Gasteiger partial charge in [-0.3, -0.25) is 0 Å². The van der Waals surface area contributed by atoms with Crippen molar-refractivity contribution >= 4 is 54.5 Å². The van der Waals surface area contributed by atoms with Gasteiger partial charge in [0.05, 0.1) is 13.2 Å². The Bertz CT molecular complexity index is 150. The van der Waals surface area contributed by atoms with Crippen molar-refractivity contribution in [1.29, 1.82) is 0 Å². The minimum Gasteiger partial charge on any atom is -0.339 e. The van der Waals surface area contributed by atoms with Gasteiger partial charge in [-0.2, -0.15) is 0 Å². The second kappa shape index (κ2) is 4.42. The molecule has 0 spiro atoms. The summed E-state index contributed by atoms with van der Waals surface area (Å²) in [5.41, 5.74) is 0. The summed E-state index contributed by atoms with van der Waals surface area (Å²) in [7, 11) is 0. The van der Waals surface area contributed by atoms with Crippen molar-refractivity contribution < 1.29 is 9.47 Å². The van der Waals surface area contributed by atoms with E-state index in [0.29, 0.717) is 0 Å². The van der Waals surface area contributed by atoms with Crippen molar-refractivity contribution in [2.75, 3.05) is 13.2 Å². The Hall–Kier alpha value is 1.61. The van der Waals surface area contributed by atoms with Crippen LogP contribution in [-0.2, 0) is 9.47 Å². The Labute approximate surface area is 103 Å². The molecule has 1 rings (SSSR count). The van der Waals surface area contributed by atoms with Crippen LogP contribution < -0.4 is 0 Å². The van der Waals surface area contributed by atoms with Crippen LogP contribution in [0.2, 0.25) is 0 Å². The molecule has 0 bridgehead atoms. The molecule has 5 heteroatoms. The zero-order valence-electron chi connectivity index (χ0n) is 6.78. The molecule has 1 fully saturated rings. The van der Waals surface area contributed by atoms with Crippen LogP contribution in [0.15, 0.2) is 0 Å². The van der Waals surface area contributed by atoms with Gasteiger partial charge in [0.1, 0.15) is 2.33 Å². The van der Waals surface area contributed by atoms with Crippen molar-refractivity contribution in [3.8, 4) is 0 Å². The van der Waals surface area contributed by atoms with Crippen molar-refractivity contribution in [3.63, 3.8) is 0 Å². The number of hydrogen-bond donors (Lipinski definition) is 0. The summed E-state index contributed by atoms with van der Waals surface area (Å²) in [5.74, 6) is 0. The summed E-state index contributed by atoms with van der Waals surface area (Å²) >= 11 is 9.24. The number of halogens is 3. The largest absolute Gasteiger partial charge is 0.339 e. The molecule has 1 heterocycles. The van der Waals surface area contributed by atoms with E-state index in [1.807, 2.05) is 6.92 Å². The molecule has 0 amide bonds. The Kier molecular flexibility index (Phi) is 4.30. The van der Waals surface area contributed by atoms with Crippen molar-refractivity contribution in [3.05, 3.63) is 0 Å². The van der Waals surface area contributed by atoms with Crippen LogP contribution >= 0.6 is 54.5 Å². The maximum Gasteiger partial charge on any atom is 0.251 e. The number of hydrogen-bond acceptors (Lipinski definition) is 2. The predicted molar refractivity (Wildman–Crippen MR) is 64.1 cm³/mol. The highest BCUT2D eigenvalue weighted by Gasteiger charge is 2.46. The molecular formula is C7H11Br2IO2. The molecular weight excluding hydrogens is 403 g/mol. The summed E-state index contributed by atoms with van der Waals surface area (Å²) < 4.78 is 10.3. The van der Waals surface area contributed by atoms with E-state index in [2.05, 4.69) is 54.5 Å². The van der Waals surface area contributed by atoms with Gasteiger partial charge in [-0.1, -0.05) is 38.5 Å². The minimum atomic E-state index is -0.683. The van der Waals surface area contributed by atoms with Crippen LogP contribution in [-0.4, -0.2) is 20.2 Å². The summed E-state index contributed by atoms with van der Waals surface area (Å²) in [4.78, 5) is 0. The molecule has 2 nitrogen and oxygen atoms in total.